The molecule has 3 aromatic carbocycles. The first-order valence-electron chi connectivity index (χ1n) is 10.5. The van der Waals surface area contributed by atoms with E-state index in [2.05, 4.69) is 0 Å². The van der Waals surface area contributed by atoms with Crippen molar-refractivity contribution in [2.24, 2.45) is 0 Å². The summed E-state index contributed by atoms with van der Waals surface area (Å²) in [5.74, 6) is -0.722. The summed E-state index contributed by atoms with van der Waals surface area (Å²) >= 11 is 0. The molecular weight excluding hydrogens is 460 g/mol. The Labute approximate surface area is 198 Å². The van der Waals surface area contributed by atoms with Gasteiger partial charge in [-0.05, 0) is 35.9 Å². The van der Waals surface area contributed by atoms with Gasteiger partial charge in [-0.3, -0.25) is 4.79 Å². The van der Waals surface area contributed by atoms with Crippen LogP contribution in [0.25, 0.3) is 5.76 Å². The zero-order valence-corrected chi connectivity index (χ0v) is 18.3. The number of ether oxygens (including phenoxy) is 4. The lowest BCUT2D eigenvalue weighted by Gasteiger charge is -2.31. The summed E-state index contributed by atoms with van der Waals surface area (Å²) in [4.78, 5) is 12.7. The van der Waals surface area contributed by atoms with Gasteiger partial charge >= 0.3 is 0 Å². The number of hydrogen-bond donors (Lipinski definition) is 5. The van der Waals surface area contributed by atoms with Crippen LogP contribution in [0.2, 0.25) is 0 Å². The summed E-state index contributed by atoms with van der Waals surface area (Å²) in [6.07, 6.45) is -2.80. The summed E-state index contributed by atoms with van der Waals surface area (Å²) < 4.78 is 22.7. The number of carbonyl (C=O) groups is 1. The Morgan fingerprint density at radius 1 is 0.914 bits per heavy atom. The fraction of sp³-hybridized carbons (Fsp3) is 0.160. The number of carbonyl (C=O) groups excluding carboxylic acids is 1. The van der Waals surface area contributed by atoms with Crippen molar-refractivity contribution in [2.75, 3.05) is 13.7 Å². The fourth-order valence-electron chi connectivity index (χ4n) is 4.02. The summed E-state index contributed by atoms with van der Waals surface area (Å²) in [7, 11) is 1.40. The predicted octanol–water partition coefficient (Wildman–Crippen LogP) is 2.62. The molecule has 5 N–H and O–H groups in total. The average molecular weight is 480 g/mol. The molecule has 180 valence electrons. The highest BCUT2D eigenvalue weighted by Crippen LogP contribution is 2.45. The lowest BCUT2D eigenvalue weighted by Crippen LogP contribution is -2.36. The number of phenolic OH excluding ortho intramolecular Hbond substituents is 3. The van der Waals surface area contributed by atoms with Gasteiger partial charge in [0.1, 0.15) is 29.4 Å². The van der Waals surface area contributed by atoms with Crippen molar-refractivity contribution in [1.82, 2.24) is 0 Å². The summed E-state index contributed by atoms with van der Waals surface area (Å²) in [5, 5.41) is 50.1. The number of methoxy groups -OCH3 is 1. The van der Waals surface area contributed by atoms with E-state index < -0.39 is 30.3 Å². The van der Waals surface area contributed by atoms with Crippen molar-refractivity contribution in [3.63, 3.8) is 0 Å². The maximum absolute atomic E-state index is 12.7. The Hall–Kier alpha value is -4.41. The Morgan fingerprint density at radius 3 is 2.46 bits per heavy atom. The third-order valence-corrected chi connectivity index (χ3v) is 5.70. The second kappa shape index (κ2) is 8.42. The number of hydrogen-bond acceptors (Lipinski definition) is 10. The maximum atomic E-state index is 12.7. The van der Waals surface area contributed by atoms with Crippen molar-refractivity contribution >= 4 is 11.5 Å². The van der Waals surface area contributed by atoms with Crippen molar-refractivity contribution in [1.29, 1.82) is 0 Å². The third kappa shape index (κ3) is 3.74. The fourth-order valence-corrected chi connectivity index (χ4v) is 4.02. The van der Waals surface area contributed by atoms with Crippen molar-refractivity contribution in [3.05, 3.63) is 71.0 Å². The predicted molar refractivity (Wildman–Crippen MR) is 120 cm³/mol. The van der Waals surface area contributed by atoms with E-state index in [1.807, 2.05) is 0 Å². The molecule has 2 atom stereocenters. The van der Waals surface area contributed by atoms with Gasteiger partial charge in [0.2, 0.25) is 5.78 Å². The summed E-state index contributed by atoms with van der Waals surface area (Å²) in [5.41, 5.74) is 0.601. The van der Waals surface area contributed by atoms with E-state index in [9.17, 15) is 30.3 Å². The van der Waals surface area contributed by atoms with Crippen LogP contribution in [0.5, 0.6) is 40.2 Å². The maximum Gasteiger partial charge on any atom is 0.202 e. The van der Waals surface area contributed by atoms with E-state index in [1.165, 1.54) is 37.4 Å². The minimum atomic E-state index is -1.63. The van der Waals surface area contributed by atoms with E-state index in [1.54, 1.807) is 12.1 Å². The Balaban J connectivity index is 1.51. The molecule has 5 rings (SSSR count). The van der Waals surface area contributed by atoms with Gasteiger partial charge in [-0.1, -0.05) is 6.07 Å². The molecular formula is C25H20O10. The molecule has 2 aliphatic rings. The minimum absolute atomic E-state index is 0.0722. The first kappa shape index (κ1) is 22.4. The quantitative estimate of drug-likeness (QED) is 0.376. The molecule has 0 unspecified atom stereocenters. The smallest absolute Gasteiger partial charge is 0.202 e. The lowest BCUT2D eigenvalue weighted by atomic mass is 9.92. The van der Waals surface area contributed by atoms with Gasteiger partial charge in [0.15, 0.2) is 46.7 Å². The number of fused-ring (bicyclic) bond motifs is 2. The molecule has 0 aliphatic carbocycles. The van der Waals surface area contributed by atoms with Gasteiger partial charge in [0.25, 0.3) is 0 Å². The van der Waals surface area contributed by atoms with Gasteiger partial charge in [-0.25, -0.2) is 0 Å². The second-order valence-electron chi connectivity index (χ2n) is 7.89. The van der Waals surface area contributed by atoms with Crippen LogP contribution < -0.4 is 18.9 Å². The number of aliphatic hydroxyl groups is 2. The molecule has 2 aliphatic heterocycles. The highest BCUT2D eigenvalue weighted by atomic mass is 16.6. The SMILES string of the molecule is COc1cc(C2=C(CO)Oc3ccc([C@H]4Oc5cc(O)cc(O)c5C(=O)[C@@H]4O)cc3O2)ccc1O. The summed E-state index contributed by atoms with van der Waals surface area (Å²) in [6.45, 7) is -0.470. The second-order valence-corrected chi connectivity index (χ2v) is 7.89. The van der Waals surface area contributed by atoms with Crippen molar-refractivity contribution in [2.45, 2.75) is 12.2 Å². The number of Topliss-reactive ketones (excluding diaryl/α,β-unsaturated/α-hetero) is 1. The summed E-state index contributed by atoms with van der Waals surface area (Å²) in [6, 6.07) is 11.2. The molecule has 10 nitrogen and oxygen atoms in total. The highest BCUT2D eigenvalue weighted by Gasteiger charge is 2.39. The lowest BCUT2D eigenvalue weighted by molar-refractivity contribution is 0.0210. The zero-order valence-electron chi connectivity index (χ0n) is 18.3. The molecule has 0 spiro atoms. The molecule has 0 aromatic heterocycles. The average Bonchev–Trinajstić information content (AvgIpc) is 2.85. The van der Waals surface area contributed by atoms with Crippen molar-refractivity contribution < 1.29 is 49.3 Å². The van der Waals surface area contributed by atoms with Gasteiger partial charge in [0.05, 0.1) is 7.11 Å². The van der Waals surface area contributed by atoms with Crippen LogP contribution in [-0.2, 0) is 0 Å². The number of benzene rings is 3. The van der Waals surface area contributed by atoms with E-state index in [-0.39, 0.29) is 51.6 Å². The Morgan fingerprint density at radius 2 is 1.71 bits per heavy atom. The number of phenols is 3. The van der Waals surface area contributed by atoms with Crippen LogP contribution in [0.3, 0.4) is 0 Å². The molecule has 35 heavy (non-hydrogen) atoms. The van der Waals surface area contributed by atoms with Crippen LogP contribution >= 0.6 is 0 Å². The molecule has 10 heteroatoms. The Kier molecular flexibility index (Phi) is 5.39. The van der Waals surface area contributed by atoms with Gasteiger partial charge in [-0.2, -0.15) is 0 Å². The zero-order chi connectivity index (χ0) is 24.9. The third-order valence-electron chi connectivity index (χ3n) is 5.70. The molecule has 0 bridgehead atoms. The largest absolute Gasteiger partial charge is 0.508 e. The van der Waals surface area contributed by atoms with E-state index in [0.29, 0.717) is 11.1 Å². The van der Waals surface area contributed by atoms with Crippen LogP contribution in [0.1, 0.15) is 27.6 Å². The number of aromatic hydroxyl groups is 3. The topological polar surface area (TPSA) is 155 Å². The highest BCUT2D eigenvalue weighted by molar-refractivity contribution is 6.05. The van der Waals surface area contributed by atoms with Gasteiger partial charge < -0.3 is 44.5 Å². The van der Waals surface area contributed by atoms with Gasteiger partial charge in [0, 0.05) is 17.7 Å². The van der Waals surface area contributed by atoms with E-state index in [0.717, 1.165) is 6.07 Å². The van der Waals surface area contributed by atoms with E-state index >= 15 is 0 Å². The molecule has 0 saturated heterocycles. The number of rotatable bonds is 4. The minimum Gasteiger partial charge on any atom is -0.508 e. The number of ketones is 1. The molecule has 2 heterocycles. The molecule has 0 saturated carbocycles. The number of aliphatic hydroxyl groups excluding tert-OH is 2. The standard InChI is InChI=1S/C25H20O10/c1-32-17-6-11(2-4-14(17)28)24-20(10-26)33-16-5-3-12(7-18(16)34-24)25-23(31)22(30)21-15(29)8-13(27)9-19(21)35-25/h2-9,23,25-29,31H,10H2,1H3/t23-,25+/m0/s1. The van der Waals surface area contributed by atoms with Crippen LogP contribution in [0, 0.1) is 0 Å². The van der Waals surface area contributed by atoms with Crippen molar-refractivity contribution in [3.8, 4) is 40.2 Å². The van der Waals surface area contributed by atoms with Crippen LogP contribution in [0.4, 0.5) is 0 Å². The molecule has 0 fully saturated rings. The Bertz CT molecular complexity index is 1380. The van der Waals surface area contributed by atoms with Crippen LogP contribution in [0.15, 0.2) is 54.3 Å². The molecule has 0 amide bonds. The molecule has 3 aromatic rings. The molecule has 0 radical (unpaired) electrons. The first-order valence-corrected chi connectivity index (χ1v) is 10.5. The van der Waals surface area contributed by atoms with E-state index in [4.69, 9.17) is 18.9 Å². The monoisotopic (exact) mass is 480 g/mol. The van der Waals surface area contributed by atoms with Gasteiger partial charge in [-0.15, -0.1) is 0 Å². The normalized spacial score (nSPS) is 18.7. The van der Waals surface area contributed by atoms with Crippen LogP contribution in [-0.4, -0.2) is 51.1 Å². The first-order chi connectivity index (χ1) is 16.8.